The highest BCUT2D eigenvalue weighted by Crippen LogP contribution is 2.25. The van der Waals surface area contributed by atoms with E-state index in [0.29, 0.717) is 11.4 Å². The van der Waals surface area contributed by atoms with Crippen LogP contribution in [0, 0.1) is 0 Å². The Morgan fingerprint density at radius 3 is 2.41 bits per heavy atom. The molecule has 0 N–H and O–H groups in total. The van der Waals surface area contributed by atoms with Gasteiger partial charge in [0, 0.05) is 62.0 Å². The molecule has 1 saturated heterocycles. The summed E-state index contributed by atoms with van der Waals surface area (Å²) in [5.74, 6) is 1.27. The Bertz CT molecular complexity index is 1290. The van der Waals surface area contributed by atoms with E-state index in [4.69, 9.17) is 4.74 Å². The summed E-state index contributed by atoms with van der Waals surface area (Å²) in [6, 6.07) is 9.68. The molecule has 3 heterocycles. The SMILES string of the molecule is CCCc1cnc(N2CC[C@@H](Oc3ccn(-c4ccc(S(C)(=O)=O)cc4)c(=O)c3)C[C@H]2C)nc1. The van der Waals surface area contributed by atoms with Crippen molar-refractivity contribution in [2.45, 2.75) is 56.6 Å². The van der Waals surface area contributed by atoms with E-state index in [1.54, 1.807) is 24.4 Å². The Morgan fingerprint density at radius 2 is 1.82 bits per heavy atom. The smallest absolute Gasteiger partial charge is 0.258 e. The van der Waals surface area contributed by atoms with Gasteiger partial charge in [0.1, 0.15) is 11.9 Å². The van der Waals surface area contributed by atoms with Crippen molar-refractivity contribution in [1.29, 1.82) is 0 Å². The Balaban J connectivity index is 1.40. The van der Waals surface area contributed by atoms with Crippen molar-refractivity contribution in [1.82, 2.24) is 14.5 Å². The van der Waals surface area contributed by atoms with Gasteiger partial charge in [-0.1, -0.05) is 13.3 Å². The summed E-state index contributed by atoms with van der Waals surface area (Å²) in [5.41, 5.74) is 1.50. The van der Waals surface area contributed by atoms with Crippen LogP contribution in [0.1, 0.15) is 38.7 Å². The highest BCUT2D eigenvalue weighted by molar-refractivity contribution is 7.90. The van der Waals surface area contributed by atoms with Crippen LogP contribution < -0.4 is 15.2 Å². The van der Waals surface area contributed by atoms with Crippen LogP contribution in [0.3, 0.4) is 0 Å². The number of benzene rings is 1. The van der Waals surface area contributed by atoms with E-state index in [-0.39, 0.29) is 22.6 Å². The second-order valence-electron chi connectivity index (χ2n) is 8.78. The average molecular weight is 483 g/mol. The Hall–Kier alpha value is -3.20. The standard InChI is InChI=1S/C25H30N4O4S/c1-4-5-19-16-26-25(27-17-19)28-12-10-21(14-18(28)2)33-22-11-13-29(24(30)15-22)20-6-8-23(9-7-20)34(3,31)32/h6-9,11,13,15-18,21H,4-5,10,12,14H2,1-3H3/t18-,21-/m1/s1. The van der Waals surface area contributed by atoms with Crippen LogP contribution in [0.15, 0.2) is 64.7 Å². The molecule has 9 heteroatoms. The zero-order valence-corrected chi connectivity index (χ0v) is 20.5. The molecular weight excluding hydrogens is 452 g/mol. The summed E-state index contributed by atoms with van der Waals surface area (Å²) in [5, 5.41) is 0. The highest BCUT2D eigenvalue weighted by atomic mass is 32.2. The minimum atomic E-state index is -3.28. The average Bonchev–Trinajstić information content (AvgIpc) is 2.80. The van der Waals surface area contributed by atoms with Gasteiger partial charge in [0.25, 0.3) is 5.56 Å². The molecule has 180 valence electrons. The molecule has 0 radical (unpaired) electrons. The summed E-state index contributed by atoms with van der Waals surface area (Å²) < 4.78 is 30.9. The maximum atomic E-state index is 12.7. The summed E-state index contributed by atoms with van der Waals surface area (Å²) >= 11 is 0. The van der Waals surface area contributed by atoms with E-state index in [1.165, 1.54) is 22.8 Å². The van der Waals surface area contributed by atoms with E-state index < -0.39 is 9.84 Å². The highest BCUT2D eigenvalue weighted by Gasteiger charge is 2.28. The maximum Gasteiger partial charge on any atom is 0.258 e. The lowest BCUT2D eigenvalue weighted by Gasteiger charge is -2.37. The third-order valence-electron chi connectivity index (χ3n) is 6.05. The monoisotopic (exact) mass is 482 g/mol. The predicted molar refractivity (Wildman–Crippen MR) is 132 cm³/mol. The van der Waals surface area contributed by atoms with Gasteiger partial charge in [-0.2, -0.15) is 0 Å². The Kier molecular flexibility index (Phi) is 7.02. The number of hydrogen-bond acceptors (Lipinski definition) is 7. The minimum Gasteiger partial charge on any atom is -0.490 e. The van der Waals surface area contributed by atoms with Crippen molar-refractivity contribution < 1.29 is 13.2 Å². The van der Waals surface area contributed by atoms with Crippen molar-refractivity contribution in [2.75, 3.05) is 17.7 Å². The van der Waals surface area contributed by atoms with Crippen molar-refractivity contribution in [3.8, 4) is 11.4 Å². The van der Waals surface area contributed by atoms with Gasteiger partial charge in [0.2, 0.25) is 5.95 Å². The first kappa shape index (κ1) is 23.9. The molecule has 1 aliphatic rings. The fourth-order valence-electron chi connectivity index (χ4n) is 4.24. The number of anilines is 1. The third-order valence-corrected chi connectivity index (χ3v) is 7.18. The summed E-state index contributed by atoms with van der Waals surface area (Å²) in [7, 11) is -3.28. The molecule has 3 aromatic rings. The van der Waals surface area contributed by atoms with Gasteiger partial charge < -0.3 is 9.64 Å². The first-order valence-corrected chi connectivity index (χ1v) is 13.4. The van der Waals surface area contributed by atoms with Crippen LogP contribution in [0.25, 0.3) is 5.69 Å². The number of rotatable bonds is 7. The Labute approximate surface area is 200 Å². The number of pyridine rings is 1. The minimum absolute atomic E-state index is 0.00471. The zero-order valence-electron chi connectivity index (χ0n) is 19.7. The second kappa shape index (κ2) is 9.97. The Morgan fingerprint density at radius 1 is 1.12 bits per heavy atom. The van der Waals surface area contributed by atoms with Crippen LogP contribution in [-0.4, -0.2) is 47.9 Å². The normalized spacial score (nSPS) is 18.6. The lowest BCUT2D eigenvalue weighted by atomic mass is 10.0. The van der Waals surface area contributed by atoms with E-state index >= 15 is 0 Å². The summed E-state index contributed by atoms with van der Waals surface area (Å²) in [6.45, 7) is 5.06. The topological polar surface area (TPSA) is 94.4 Å². The van der Waals surface area contributed by atoms with Gasteiger partial charge in [0.05, 0.1) is 4.90 Å². The van der Waals surface area contributed by atoms with Gasteiger partial charge in [-0.25, -0.2) is 18.4 Å². The lowest BCUT2D eigenvalue weighted by Crippen LogP contribution is -2.45. The maximum absolute atomic E-state index is 12.7. The zero-order chi connectivity index (χ0) is 24.3. The van der Waals surface area contributed by atoms with Crippen LogP contribution in [0.4, 0.5) is 5.95 Å². The molecule has 0 bridgehead atoms. The van der Waals surface area contributed by atoms with Crippen molar-refractivity contribution >= 4 is 15.8 Å². The van der Waals surface area contributed by atoms with E-state index in [1.807, 2.05) is 12.4 Å². The first-order chi connectivity index (χ1) is 16.2. The van der Waals surface area contributed by atoms with Crippen LogP contribution in [-0.2, 0) is 16.3 Å². The molecule has 1 aliphatic heterocycles. The molecule has 2 aromatic heterocycles. The van der Waals surface area contributed by atoms with Crippen molar-refractivity contribution in [3.63, 3.8) is 0 Å². The van der Waals surface area contributed by atoms with Gasteiger partial charge in [-0.15, -0.1) is 0 Å². The summed E-state index contributed by atoms with van der Waals surface area (Å²) in [4.78, 5) is 24.2. The van der Waals surface area contributed by atoms with Crippen LogP contribution in [0.2, 0.25) is 0 Å². The van der Waals surface area contributed by atoms with Gasteiger partial charge in [0.15, 0.2) is 9.84 Å². The number of aromatic nitrogens is 3. The summed E-state index contributed by atoms with van der Waals surface area (Å²) in [6.07, 6.45) is 10.3. The number of nitrogens with zero attached hydrogens (tertiary/aromatic N) is 4. The second-order valence-corrected chi connectivity index (χ2v) is 10.8. The molecule has 4 rings (SSSR count). The largest absolute Gasteiger partial charge is 0.490 e. The fraction of sp³-hybridized carbons (Fsp3) is 0.400. The number of piperidine rings is 1. The molecule has 8 nitrogen and oxygen atoms in total. The molecule has 0 aliphatic carbocycles. The van der Waals surface area contributed by atoms with Gasteiger partial charge in [-0.05, 0) is 49.2 Å². The first-order valence-electron chi connectivity index (χ1n) is 11.5. The molecule has 0 amide bonds. The predicted octanol–water partition coefficient (Wildman–Crippen LogP) is 3.42. The molecule has 0 spiro atoms. The van der Waals surface area contributed by atoms with Crippen molar-refractivity contribution in [2.24, 2.45) is 0 Å². The quantitative estimate of drug-likeness (QED) is 0.509. The van der Waals surface area contributed by atoms with Crippen LogP contribution >= 0.6 is 0 Å². The molecule has 2 atom stereocenters. The van der Waals surface area contributed by atoms with Gasteiger partial charge >= 0.3 is 0 Å². The number of hydrogen-bond donors (Lipinski definition) is 0. The molecule has 1 fully saturated rings. The molecule has 0 saturated carbocycles. The number of ether oxygens (including phenoxy) is 1. The number of sulfone groups is 1. The van der Waals surface area contributed by atoms with E-state index in [0.717, 1.165) is 50.0 Å². The molecular formula is C25H30N4O4S. The molecule has 1 aromatic carbocycles. The number of aryl methyl sites for hydroxylation is 1. The molecule has 34 heavy (non-hydrogen) atoms. The molecule has 0 unspecified atom stereocenters. The fourth-order valence-corrected chi connectivity index (χ4v) is 4.87. The van der Waals surface area contributed by atoms with E-state index in [2.05, 4.69) is 28.7 Å². The van der Waals surface area contributed by atoms with Crippen molar-refractivity contribution in [3.05, 3.63) is 70.9 Å². The van der Waals surface area contributed by atoms with E-state index in [9.17, 15) is 13.2 Å². The lowest BCUT2D eigenvalue weighted by molar-refractivity contribution is 0.155. The third kappa shape index (κ3) is 5.47. The van der Waals surface area contributed by atoms with Gasteiger partial charge in [-0.3, -0.25) is 9.36 Å². The van der Waals surface area contributed by atoms with Crippen LogP contribution in [0.5, 0.6) is 5.75 Å².